The van der Waals surface area contributed by atoms with E-state index in [0.717, 1.165) is 6.54 Å². The molecule has 1 aliphatic carbocycles. The number of hydrogen-bond acceptors (Lipinski definition) is 4. The van der Waals surface area contributed by atoms with Gasteiger partial charge in [-0.3, -0.25) is 4.90 Å². The minimum atomic E-state index is -3.15. The quantitative estimate of drug-likeness (QED) is 0.863. The molecular formula is C19H28N2O3S. The molecule has 5 nitrogen and oxygen atoms in total. The van der Waals surface area contributed by atoms with Crippen molar-refractivity contribution < 1.29 is 13.5 Å². The van der Waals surface area contributed by atoms with Crippen molar-refractivity contribution in [1.29, 1.82) is 0 Å². The van der Waals surface area contributed by atoms with E-state index < -0.39 is 10.0 Å². The number of aliphatic hydroxyl groups excluding tert-OH is 1. The Morgan fingerprint density at radius 2 is 1.80 bits per heavy atom. The maximum Gasteiger partial charge on any atom is 0.211 e. The van der Waals surface area contributed by atoms with Gasteiger partial charge in [0.15, 0.2) is 0 Å². The summed E-state index contributed by atoms with van der Waals surface area (Å²) >= 11 is 0. The molecular weight excluding hydrogens is 336 g/mol. The Labute approximate surface area is 150 Å². The van der Waals surface area contributed by atoms with Gasteiger partial charge >= 0.3 is 0 Å². The fourth-order valence-electron chi connectivity index (χ4n) is 5.33. The largest absolute Gasteiger partial charge is 0.395 e. The first-order valence-electron chi connectivity index (χ1n) is 9.33. The Morgan fingerprint density at radius 3 is 2.36 bits per heavy atom. The molecule has 0 bridgehead atoms. The summed E-state index contributed by atoms with van der Waals surface area (Å²) in [5.41, 5.74) is 1.08. The predicted octanol–water partition coefficient (Wildman–Crippen LogP) is 1.65. The number of hydrogen-bond donors (Lipinski definition) is 1. The van der Waals surface area contributed by atoms with Crippen molar-refractivity contribution in [2.45, 2.75) is 43.2 Å². The van der Waals surface area contributed by atoms with E-state index in [0.29, 0.717) is 19.0 Å². The third-order valence-corrected chi connectivity index (χ3v) is 7.78. The van der Waals surface area contributed by atoms with E-state index in [1.807, 2.05) is 18.2 Å². The van der Waals surface area contributed by atoms with Gasteiger partial charge in [-0.2, -0.15) is 4.31 Å². The Hall–Kier alpha value is -0.950. The van der Waals surface area contributed by atoms with Crippen molar-refractivity contribution >= 4 is 10.0 Å². The normalized spacial score (nSPS) is 30.3. The molecule has 1 N–H and O–H groups in total. The van der Waals surface area contributed by atoms with E-state index in [-0.39, 0.29) is 24.1 Å². The van der Waals surface area contributed by atoms with Crippen LogP contribution in [0.3, 0.4) is 0 Å². The molecule has 25 heavy (non-hydrogen) atoms. The highest BCUT2D eigenvalue weighted by molar-refractivity contribution is 7.88. The summed E-state index contributed by atoms with van der Waals surface area (Å²) in [6, 6.07) is 10.4. The molecule has 2 atom stereocenters. The summed E-state index contributed by atoms with van der Waals surface area (Å²) in [6.45, 7) is 2.22. The van der Waals surface area contributed by atoms with Crippen LogP contribution in [0.2, 0.25) is 0 Å². The first-order valence-corrected chi connectivity index (χ1v) is 11.2. The van der Waals surface area contributed by atoms with Gasteiger partial charge in [-0.25, -0.2) is 8.42 Å². The van der Waals surface area contributed by atoms with E-state index in [2.05, 4.69) is 17.0 Å². The van der Waals surface area contributed by atoms with Gasteiger partial charge in [0.05, 0.1) is 18.4 Å². The van der Waals surface area contributed by atoms with Crippen LogP contribution in [0.5, 0.6) is 0 Å². The van der Waals surface area contributed by atoms with Gasteiger partial charge in [0.25, 0.3) is 0 Å². The van der Waals surface area contributed by atoms with E-state index in [4.69, 9.17) is 0 Å². The number of aliphatic hydroxyl groups is 1. The lowest BCUT2D eigenvalue weighted by Crippen LogP contribution is -2.85. The number of benzene rings is 1. The number of rotatable bonds is 5. The molecule has 4 rings (SSSR count). The molecule has 0 unspecified atom stereocenters. The van der Waals surface area contributed by atoms with Gasteiger partial charge in [-0.1, -0.05) is 43.2 Å². The van der Waals surface area contributed by atoms with Crippen LogP contribution in [-0.4, -0.2) is 66.8 Å². The highest BCUT2D eigenvalue weighted by atomic mass is 32.2. The fraction of sp³-hybridized carbons (Fsp3) is 0.684. The van der Waals surface area contributed by atoms with E-state index in [1.54, 1.807) is 4.31 Å². The van der Waals surface area contributed by atoms with Crippen LogP contribution in [-0.2, 0) is 10.0 Å². The molecule has 1 saturated carbocycles. The van der Waals surface area contributed by atoms with Crippen molar-refractivity contribution in [3.8, 4) is 0 Å². The lowest BCUT2D eigenvalue weighted by molar-refractivity contribution is -0.175. The molecule has 2 aliphatic heterocycles. The smallest absolute Gasteiger partial charge is 0.211 e. The molecule has 1 aromatic rings. The van der Waals surface area contributed by atoms with Crippen LogP contribution in [0, 0.1) is 5.92 Å². The summed E-state index contributed by atoms with van der Waals surface area (Å²) in [5.74, 6) is 0.896. The Balaban J connectivity index is 1.61. The average Bonchev–Trinajstić information content (AvgIpc) is 3.03. The molecule has 0 aromatic heterocycles. The third kappa shape index (κ3) is 2.83. The van der Waals surface area contributed by atoms with Crippen LogP contribution >= 0.6 is 0 Å². The first-order chi connectivity index (χ1) is 12.0. The summed E-state index contributed by atoms with van der Waals surface area (Å²) in [7, 11) is -3.15. The summed E-state index contributed by atoms with van der Waals surface area (Å²) in [6.07, 6.45) is 6.41. The third-order valence-electron chi connectivity index (χ3n) is 6.58. The van der Waals surface area contributed by atoms with Crippen molar-refractivity contribution in [1.82, 2.24) is 9.21 Å². The van der Waals surface area contributed by atoms with Gasteiger partial charge in [-0.15, -0.1) is 0 Å². The maximum atomic E-state index is 11.9. The maximum absolute atomic E-state index is 11.9. The standard InChI is InChI=1S/C19H28N2O3S/c1-25(23,24)20-13-19(14-20)18(16-9-3-2-4-10-16)17(12-22)21(19)11-15-7-5-6-8-15/h2-4,9-10,15,17-18,22H,5-8,11-14H2,1H3/t17-,18-/m1/s1. The topological polar surface area (TPSA) is 60.9 Å². The highest BCUT2D eigenvalue weighted by Gasteiger charge is 2.66. The monoisotopic (exact) mass is 364 g/mol. The molecule has 3 fully saturated rings. The second-order valence-corrected chi connectivity index (χ2v) is 10.1. The minimum absolute atomic E-state index is 0.102. The molecule has 0 radical (unpaired) electrons. The van der Waals surface area contributed by atoms with Gasteiger partial charge in [-0.05, 0) is 24.3 Å². The summed E-state index contributed by atoms with van der Waals surface area (Å²) in [5, 5.41) is 10.1. The molecule has 1 aromatic carbocycles. The Kier molecular flexibility index (Phi) is 4.43. The first kappa shape index (κ1) is 17.5. The number of sulfonamides is 1. The van der Waals surface area contributed by atoms with Gasteiger partial charge < -0.3 is 5.11 Å². The molecule has 2 heterocycles. The van der Waals surface area contributed by atoms with E-state index >= 15 is 0 Å². The van der Waals surface area contributed by atoms with Gasteiger partial charge in [0.2, 0.25) is 10.0 Å². The van der Waals surface area contributed by atoms with Gasteiger partial charge in [0, 0.05) is 31.6 Å². The van der Waals surface area contributed by atoms with Crippen LogP contribution in [0.15, 0.2) is 30.3 Å². The van der Waals surface area contributed by atoms with Gasteiger partial charge in [0.1, 0.15) is 0 Å². The van der Waals surface area contributed by atoms with Crippen molar-refractivity contribution in [2.75, 3.05) is 32.5 Å². The summed E-state index contributed by atoms with van der Waals surface area (Å²) in [4.78, 5) is 2.43. The molecule has 6 heteroatoms. The lowest BCUT2D eigenvalue weighted by Gasteiger charge is -2.70. The highest BCUT2D eigenvalue weighted by Crippen LogP contribution is 2.54. The molecule has 3 aliphatic rings. The predicted molar refractivity (Wildman–Crippen MR) is 97.9 cm³/mol. The minimum Gasteiger partial charge on any atom is -0.395 e. The number of likely N-dealkylation sites (tertiary alicyclic amines) is 1. The lowest BCUT2D eigenvalue weighted by atomic mass is 9.61. The van der Waals surface area contributed by atoms with E-state index in [9.17, 15) is 13.5 Å². The van der Waals surface area contributed by atoms with Crippen LogP contribution < -0.4 is 0 Å². The van der Waals surface area contributed by atoms with Crippen molar-refractivity contribution in [3.05, 3.63) is 35.9 Å². The molecule has 2 saturated heterocycles. The molecule has 1 spiro atoms. The Bertz CT molecular complexity index is 709. The van der Waals surface area contributed by atoms with Crippen molar-refractivity contribution in [3.63, 3.8) is 0 Å². The summed E-state index contributed by atoms with van der Waals surface area (Å²) < 4.78 is 25.5. The average molecular weight is 365 g/mol. The van der Waals surface area contributed by atoms with E-state index in [1.165, 1.54) is 37.5 Å². The second kappa shape index (κ2) is 6.34. The zero-order valence-electron chi connectivity index (χ0n) is 14.8. The Morgan fingerprint density at radius 1 is 1.16 bits per heavy atom. The zero-order valence-corrected chi connectivity index (χ0v) is 15.7. The van der Waals surface area contributed by atoms with Crippen LogP contribution in [0.4, 0.5) is 0 Å². The van der Waals surface area contributed by atoms with Crippen molar-refractivity contribution in [2.24, 2.45) is 5.92 Å². The fourth-order valence-corrected chi connectivity index (χ4v) is 6.24. The second-order valence-electron chi connectivity index (χ2n) is 8.08. The van der Waals surface area contributed by atoms with Crippen LogP contribution in [0.1, 0.15) is 37.2 Å². The SMILES string of the molecule is CS(=O)(=O)N1CC2(C1)[C@H](c1ccccc1)[C@@H](CO)N2CC1CCCC1. The molecule has 138 valence electrons. The number of nitrogens with zero attached hydrogens (tertiary/aromatic N) is 2. The van der Waals surface area contributed by atoms with Crippen LogP contribution in [0.25, 0.3) is 0 Å². The molecule has 0 amide bonds. The zero-order chi connectivity index (χ0) is 17.7.